The number of carbonyl (C=O) groups excluding carboxylic acids is 1. The molecule has 42 heavy (non-hydrogen) atoms. The predicted octanol–water partition coefficient (Wildman–Crippen LogP) is 5.27. The number of alkyl halides is 1. The monoisotopic (exact) mass is 579 g/mol. The number of carbonyl (C=O) groups is 1. The summed E-state index contributed by atoms with van der Waals surface area (Å²) in [6, 6.07) is 9.89. The van der Waals surface area contributed by atoms with Crippen LogP contribution in [0.4, 0.5) is 14.5 Å². The standard InChI is InChI=1S/C31H39F2N7O2/c1-4-31(33,5-2)13-14-36-26(17-22(34)16-21-7-6-8-25(32)28(21)39-42)29-37-18-27(38-29)20-9-12-24(19(3)15-20)30(41)40(35)23-10-11-23/h6-9,12,15,17-18,23,29,37-38H,4-5,10-11,13-14,16,34-35H2,1-3H3. The molecule has 1 aliphatic heterocycles. The van der Waals surface area contributed by atoms with Crippen LogP contribution in [0.2, 0.25) is 0 Å². The molecule has 2 aliphatic rings. The van der Waals surface area contributed by atoms with Crippen LogP contribution in [0.3, 0.4) is 0 Å². The van der Waals surface area contributed by atoms with Gasteiger partial charge in [0.15, 0.2) is 5.82 Å². The van der Waals surface area contributed by atoms with E-state index in [2.05, 4.69) is 15.8 Å². The number of hydrogen-bond acceptors (Lipinski definition) is 8. The summed E-state index contributed by atoms with van der Waals surface area (Å²) < 4.78 is 29.1. The maximum Gasteiger partial charge on any atom is 0.268 e. The lowest BCUT2D eigenvalue weighted by Gasteiger charge is -2.21. The number of hydrazine groups is 1. The van der Waals surface area contributed by atoms with E-state index in [0.717, 1.165) is 29.7 Å². The average Bonchev–Trinajstić information content (AvgIpc) is 3.71. The summed E-state index contributed by atoms with van der Waals surface area (Å²) in [6.07, 6.45) is 5.93. The van der Waals surface area contributed by atoms with Crippen molar-refractivity contribution in [2.45, 2.75) is 77.2 Å². The van der Waals surface area contributed by atoms with Gasteiger partial charge < -0.3 is 16.4 Å². The number of allylic oxidation sites excluding steroid dienone is 1. The highest BCUT2D eigenvalue weighted by atomic mass is 19.1. The van der Waals surface area contributed by atoms with Crippen molar-refractivity contribution >= 4 is 23.0 Å². The van der Waals surface area contributed by atoms with Crippen LogP contribution in [0.25, 0.3) is 5.70 Å². The number of nitrogens with one attached hydrogen (secondary N) is 2. The van der Waals surface area contributed by atoms with Crippen LogP contribution in [0.5, 0.6) is 0 Å². The Balaban J connectivity index is 1.53. The molecule has 1 unspecified atom stereocenters. The molecule has 2 aromatic carbocycles. The van der Waals surface area contributed by atoms with Gasteiger partial charge in [0.1, 0.15) is 17.5 Å². The molecule has 1 fully saturated rings. The Morgan fingerprint density at radius 2 is 1.95 bits per heavy atom. The first-order valence-electron chi connectivity index (χ1n) is 14.3. The molecule has 0 saturated heterocycles. The molecule has 11 heteroatoms. The van der Waals surface area contributed by atoms with Gasteiger partial charge in [-0.05, 0) is 78.7 Å². The summed E-state index contributed by atoms with van der Waals surface area (Å²) in [5.74, 6) is 5.07. The quantitative estimate of drug-likeness (QED) is 0.0838. The predicted molar refractivity (Wildman–Crippen MR) is 162 cm³/mol. The zero-order valence-electron chi connectivity index (χ0n) is 24.3. The van der Waals surface area contributed by atoms with Crippen molar-refractivity contribution in [2.24, 2.45) is 21.7 Å². The van der Waals surface area contributed by atoms with Crippen LogP contribution in [0.15, 0.2) is 64.5 Å². The van der Waals surface area contributed by atoms with E-state index in [1.165, 1.54) is 17.1 Å². The smallest absolute Gasteiger partial charge is 0.268 e. The zero-order chi connectivity index (χ0) is 30.4. The lowest BCUT2D eigenvalue weighted by Crippen LogP contribution is -2.40. The molecule has 1 aliphatic carbocycles. The number of nitrogens with two attached hydrogens (primary N) is 2. The fraction of sp³-hybridized carbons (Fsp3) is 0.419. The van der Waals surface area contributed by atoms with Crippen LogP contribution in [0.1, 0.15) is 73.0 Å². The molecule has 9 nitrogen and oxygen atoms in total. The third-order valence-electron chi connectivity index (χ3n) is 7.94. The highest BCUT2D eigenvalue weighted by Gasteiger charge is 2.32. The molecule has 0 aromatic heterocycles. The largest absolute Gasteiger partial charge is 0.402 e. The lowest BCUT2D eigenvalue weighted by molar-refractivity contribution is 0.0742. The van der Waals surface area contributed by atoms with Crippen molar-refractivity contribution in [3.05, 3.63) is 87.3 Å². The number of hydrogen-bond donors (Lipinski definition) is 4. The minimum atomic E-state index is -1.31. The number of aliphatic imine (C=N–C) groups is 1. The Labute approximate surface area is 245 Å². The molecule has 4 rings (SSSR count). The van der Waals surface area contributed by atoms with Crippen LogP contribution >= 0.6 is 0 Å². The molecule has 1 heterocycles. The summed E-state index contributed by atoms with van der Waals surface area (Å²) in [4.78, 5) is 28.7. The van der Waals surface area contributed by atoms with E-state index in [0.29, 0.717) is 35.4 Å². The Kier molecular flexibility index (Phi) is 9.72. The summed E-state index contributed by atoms with van der Waals surface area (Å²) in [7, 11) is 0. The van der Waals surface area contributed by atoms with E-state index in [-0.39, 0.29) is 37.0 Å². The summed E-state index contributed by atoms with van der Waals surface area (Å²) in [6.45, 7) is 5.74. The van der Waals surface area contributed by atoms with E-state index in [1.807, 2.05) is 32.9 Å². The molecular formula is C31H39F2N7O2. The fourth-order valence-electron chi connectivity index (χ4n) is 4.94. The van der Waals surface area contributed by atoms with Crippen LogP contribution in [-0.2, 0) is 6.42 Å². The molecule has 1 atom stereocenters. The molecule has 6 N–H and O–H groups in total. The van der Waals surface area contributed by atoms with Crippen molar-refractivity contribution in [3.63, 3.8) is 0 Å². The topological polar surface area (TPSA) is 138 Å². The number of halogens is 2. The Bertz CT molecular complexity index is 1410. The van der Waals surface area contributed by atoms with Gasteiger partial charge >= 0.3 is 0 Å². The average molecular weight is 580 g/mol. The number of rotatable bonds is 13. The third-order valence-corrected chi connectivity index (χ3v) is 7.94. The molecule has 0 spiro atoms. The number of nitrogens with zero attached hydrogens (tertiary/aromatic N) is 3. The number of benzene rings is 2. The van der Waals surface area contributed by atoms with Crippen LogP contribution < -0.4 is 22.2 Å². The van der Waals surface area contributed by atoms with Gasteiger partial charge in [-0.25, -0.2) is 14.6 Å². The molecule has 2 aromatic rings. The minimum absolute atomic E-state index is 0.0789. The van der Waals surface area contributed by atoms with Gasteiger partial charge in [-0.1, -0.05) is 32.0 Å². The first-order chi connectivity index (χ1) is 20.1. The summed E-state index contributed by atoms with van der Waals surface area (Å²) >= 11 is 0. The van der Waals surface area contributed by atoms with Gasteiger partial charge in [-0.15, -0.1) is 4.91 Å². The summed E-state index contributed by atoms with van der Waals surface area (Å²) in [5.41, 5.74) is 8.93. The molecule has 1 saturated carbocycles. The second kappa shape index (κ2) is 13.2. The number of amides is 1. The lowest BCUT2D eigenvalue weighted by atomic mass is 9.96. The SMILES string of the molecule is CCC(F)(CC)CCN=C(C=C(N)Cc1cccc(F)c1N=O)C1NC=C(c2ccc(C(=O)N(N)C3CC3)c(C)c2)N1. The Morgan fingerprint density at radius 3 is 2.60 bits per heavy atom. The molecular weight excluding hydrogens is 540 g/mol. The maximum absolute atomic E-state index is 15.0. The zero-order valence-corrected chi connectivity index (χ0v) is 24.3. The summed E-state index contributed by atoms with van der Waals surface area (Å²) in [5, 5.41) is 10.8. The van der Waals surface area contributed by atoms with Gasteiger partial charge in [-0.2, -0.15) is 0 Å². The first kappa shape index (κ1) is 30.8. The third kappa shape index (κ3) is 7.20. The normalized spacial score (nSPS) is 17.4. The van der Waals surface area contributed by atoms with E-state index in [9.17, 15) is 18.5 Å². The first-order valence-corrected chi connectivity index (χ1v) is 14.3. The van der Waals surface area contributed by atoms with Crippen molar-refractivity contribution in [1.82, 2.24) is 15.6 Å². The minimum Gasteiger partial charge on any atom is -0.402 e. The maximum atomic E-state index is 15.0. The van der Waals surface area contributed by atoms with Crippen molar-refractivity contribution in [2.75, 3.05) is 6.54 Å². The van der Waals surface area contributed by atoms with Gasteiger partial charge in [-0.3, -0.25) is 14.8 Å². The molecule has 0 radical (unpaired) electrons. The molecule has 0 bridgehead atoms. The van der Waals surface area contributed by atoms with Gasteiger partial charge in [0.25, 0.3) is 5.91 Å². The van der Waals surface area contributed by atoms with Gasteiger partial charge in [0.2, 0.25) is 0 Å². The molecule has 1 amide bonds. The van der Waals surface area contributed by atoms with Crippen LogP contribution in [-0.4, -0.2) is 41.0 Å². The fourth-order valence-corrected chi connectivity index (χ4v) is 4.94. The van der Waals surface area contributed by atoms with E-state index in [1.54, 1.807) is 24.4 Å². The van der Waals surface area contributed by atoms with Gasteiger partial charge in [0.05, 0.1) is 11.4 Å². The highest BCUT2D eigenvalue weighted by Crippen LogP contribution is 2.28. The van der Waals surface area contributed by atoms with Crippen molar-refractivity contribution in [3.8, 4) is 0 Å². The second-order valence-electron chi connectivity index (χ2n) is 10.9. The van der Waals surface area contributed by atoms with E-state index >= 15 is 0 Å². The number of nitroso groups, excluding NO2 is 1. The van der Waals surface area contributed by atoms with Gasteiger partial charge in [0, 0.05) is 42.9 Å². The Morgan fingerprint density at radius 1 is 1.21 bits per heavy atom. The Hall–Kier alpha value is -4.12. The highest BCUT2D eigenvalue weighted by molar-refractivity contribution is 6.01. The van der Waals surface area contributed by atoms with E-state index in [4.69, 9.17) is 16.6 Å². The van der Waals surface area contributed by atoms with E-state index < -0.39 is 17.7 Å². The second-order valence-corrected chi connectivity index (χ2v) is 10.9. The molecule has 224 valence electrons. The van der Waals surface area contributed by atoms with Crippen molar-refractivity contribution < 1.29 is 13.6 Å². The number of aryl methyl sites for hydroxylation is 1. The van der Waals surface area contributed by atoms with Crippen molar-refractivity contribution in [1.29, 1.82) is 0 Å². The van der Waals surface area contributed by atoms with Crippen LogP contribution in [0, 0.1) is 17.6 Å².